The fourth-order valence-corrected chi connectivity index (χ4v) is 1.38. The Morgan fingerprint density at radius 2 is 2.06 bits per heavy atom. The molecule has 18 heavy (non-hydrogen) atoms. The van der Waals surface area contributed by atoms with E-state index in [-0.39, 0.29) is 16.9 Å². The molecular formula is C12H9F2N3O. The highest BCUT2D eigenvalue weighted by atomic mass is 19.1. The largest absolute Gasteiger partial charge is 0.398 e. The van der Waals surface area contributed by atoms with Gasteiger partial charge in [-0.1, -0.05) is 0 Å². The van der Waals surface area contributed by atoms with E-state index < -0.39 is 17.5 Å². The highest BCUT2D eigenvalue weighted by Crippen LogP contribution is 2.17. The molecule has 1 aromatic heterocycles. The van der Waals surface area contributed by atoms with Crippen LogP contribution in [0.1, 0.15) is 10.4 Å². The molecule has 0 saturated heterocycles. The Morgan fingerprint density at radius 3 is 2.78 bits per heavy atom. The van der Waals surface area contributed by atoms with Crippen LogP contribution in [-0.2, 0) is 0 Å². The fraction of sp³-hybridized carbons (Fsp3) is 0. The monoisotopic (exact) mass is 249 g/mol. The van der Waals surface area contributed by atoms with Gasteiger partial charge in [0.15, 0.2) is 0 Å². The van der Waals surface area contributed by atoms with Gasteiger partial charge in [-0.2, -0.15) is 0 Å². The van der Waals surface area contributed by atoms with Crippen molar-refractivity contribution in [1.82, 2.24) is 4.98 Å². The number of amides is 1. The summed E-state index contributed by atoms with van der Waals surface area (Å²) >= 11 is 0. The van der Waals surface area contributed by atoms with E-state index in [0.717, 1.165) is 18.2 Å². The summed E-state index contributed by atoms with van der Waals surface area (Å²) in [5, 5.41) is 2.23. The van der Waals surface area contributed by atoms with E-state index in [1.165, 1.54) is 18.5 Å². The number of nitrogens with zero attached hydrogens (tertiary/aromatic N) is 1. The number of nitrogens with one attached hydrogen (secondary N) is 1. The number of aromatic nitrogens is 1. The molecule has 0 radical (unpaired) electrons. The van der Waals surface area contributed by atoms with Crippen molar-refractivity contribution in [2.75, 3.05) is 11.1 Å². The molecular weight excluding hydrogens is 240 g/mol. The van der Waals surface area contributed by atoms with E-state index in [1.807, 2.05) is 0 Å². The summed E-state index contributed by atoms with van der Waals surface area (Å²) in [6.45, 7) is 0. The number of pyridine rings is 1. The Balaban J connectivity index is 2.27. The summed E-state index contributed by atoms with van der Waals surface area (Å²) in [6.07, 6.45) is 2.68. The first-order chi connectivity index (χ1) is 8.58. The van der Waals surface area contributed by atoms with Crippen molar-refractivity contribution in [2.45, 2.75) is 0 Å². The SMILES string of the molecule is Nc1ccncc1C(=O)Nc1cc(F)ccc1F. The van der Waals surface area contributed by atoms with Gasteiger partial charge >= 0.3 is 0 Å². The molecule has 0 aliphatic heterocycles. The molecule has 92 valence electrons. The highest BCUT2D eigenvalue weighted by Gasteiger charge is 2.12. The first-order valence-corrected chi connectivity index (χ1v) is 5.04. The molecule has 1 heterocycles. The van der Waals surface area contributed by atoms with Gasteiger partial charge in [-0.25, -0.2) is 8.78 Å². The van der Waals surface area contributed by atoms with Gasteiger partial charge in [0.1, 0.15) is 11.6 Å². The normalized spacial score (nSPS) is 10.1. The van der Waals surface area contributed by atoms with Gasteiger partial charge in [0.2, 0.25) is 0 Å². The average molecular weight is 249 g/mol. The zero-order valence-corrected chi connectivity index (χ0v) is 9.15. The predicted molar refractivity (Wildman–Crippen MR) is 63.0 cm³/mol. The van der Waals surface area contributed by atoms with E-state index in [2.05, 4.69) is 10.3 Å². The molecule has 2 aromatic rings. The lowest BCUT2D eigenvalue weighted by molar-refractivity contribution is 0.102. The molecule has 0 bridgehead atoms. The average Bonchev–Trinajstić information content (AvgIpc) is 2.34. The third-order valence-corrected chi connectivity index (χ3v) is 2.28. The van der Waals surface area contributed by atoms with Crippen molar-refractivity contribution in [1.29, 1.82) is 0 Å². The zero-order valence-electron chi connectivity index (χ0n) is 9.15. The minimum atomic E-state index is -0.729. The molecule has 1 aromatic carbocycles. The number of carbonyl (C=O) groups is 1. The first kappa shape index (κ1) is 12.0. The topological polar surface area (TPSA) is 68.0 Å². The molecule has 4 nitrogen and oxygen atoms in total. The van der Waals surface area contributed by atoms with Crippen molar-refractivity contribution in [3.05, 3.63) is 53.9 Å². The summed E-state index contributed by atoms with van der Waals surface area (Å²) in [4.78, 5) is 15.5. The van der Waals surface area contributed by atoms with Crippen LogP contribution in [0.15, 0.2) is 36.7 Å². The lowest BCUT2D eigenvalue weighted by Crippen LogP contribution is -2.15. The molecule has 2 rings (SSSR count). The number of benzene rings is 1. The van der Waals surface area contributed by atoms with E-state index >= 15 is 0 Å². The number of nitrogens with two attached hydrogens (primary N) is 1. The van der Waals surface area contributed by atoms with Crippen molar-refractivity contribution < 1.29 is 13.6 Å². The number of halogens is 2. The summed E-state index contributed by atoms with van der Waals surface area (Å²) in [6, 6.07) is 4.22. The van der Waals surface area contributed by atoms with Crippen LogP contribution in [0.5, 0.6) is 0 Å². The molecule has 0 aliphatic rings. The van der Waals surface area contributed by atoms with Crippen LogP contribution >= 0.6 is 0 Å². The van der Waals surface area contributed by atoms with E-state index in [9.17, 15) is 13.6 Å². The molecule has 3 N–H and O–H groups in total. The molecule has 0 saturated carbocycles. The van der Waals surface area contributed by atoms with Crippen LogP contribution in [0.3, 0.4) is 0 Å². The Bertz CT molecular complexity index is 602. The number of carbonyl (C=O) groups excluding carboxylic acids is 1. The van der Waals surface area contributed by atoms with Crippen LogP contribution < -0.4 is 11.1 Å². The maximum Gasteiger partial charge on any atom is 0.259 e. The van der Waals surface area contributed by atoms with Crippen molar-refractivity contribution in [2.24, 2.45) is 0 Å². The number of hydrogen-bond donors (Lipinski definition) is 2. The third-order valence-electron chi connectivity index (χ3n) is 2.28. The third kappa shape index (κ3) is 2.42. The molecule has 0 spiro atoms. The van der Waals surface area contributed by atoms with Crippen LogP contribution in [0.4, 0.5) is 20.2 Å². The Hall–Kier alpha value is -2.50. The molecule has 0 fully saturated rings. The Kier molecular flexibility index (Phi) is 3.18. The summed E-state index contributed by atoms with van der Waals surface area (Å²) in [7, 11) is 0. The summed E-state index contributed by atoms with van der Waals surface area (Å²) < 4.78 is 26.2. The standard InChI is InChI=1S/C12H9F2N3O/c13-7-1-2-9(14)11(5-7)17-12(18)8-6-16-4-3-10(8)15/h1-6H,(H2,15,16)(H,17,18). The smallest absolute Gasteiger partial charge is 0.259 e. The summed E-state index contributed by atoms with van der Waals surface area (Å²) in [5.74, 6) is -2.02. The molecule has 0 atom stereocenters. The van der Waals surface area contributed by atoms with Crippen LogP contribution in [-0.4, -0.2) is 10.9 Å². The second-order valence-corrected chi connectivity index (χ2v) is 3.54. The second kappa shape index (κ2) is 4.79. The van der Waals surface area contributed by atoms with E-state index in [0.29, 0.717) is 0 Å². The predicted octanol–water partition coefficient (Wildman–Crippen LogP) is 2.19. The van der Waals surface area contributed by atoms with E-state index in [4.69, 9.17) is 5.73 Å². The van der Waals surface area contributed by atoms with Crippen LogP contribution in [0, 0.1) is 11.6 Å². The minimum Gasteiger partial charge on any atom is -0.398 e. The Labute approximate surface area is 101 Å². The van der Waals surface area contributed by atoms with Crippen LogP contribution in [0.2, 0.25) is 0 Å². The summed E-state index contributed by atoms with van der Waals surface area (Å²) in [5.41, 5.74) is 5.63. The van der Waals surface area contributed by atoms with Crippen molar-refractivity contribution in [3.8, 4) is 0 Å². The van der Waals surface area contributed by atoms with Crippen molar-refractivity contribution >= 4 is 17.3 Å². The lowest BCUT2D eigenvalue weighted by Gasteiger charge is -2.07. The van der Waals surface area contributed by atoms with Crippen LogP contribution in [0.25, 0.3) is 0 Å². The number of nitrogen functional groups attached to an aromatic ring is 1. The minimum absolute atomic E-state index is 0.0983. The van der Waals surface area contributed by atoms with Gasteiger partial charge in [0.05, 0.1) is 11.3 Å². The zero-order chi connectivity index (χ0) is 13.1. The van der Waals surface area contributed by atoms with Gasteiger partial charge in [-0.05, 0) is 18.2 Å². The van der Waals surface area contributed by atoms with Gasteiger partial charge in [0.25, 0.3) is 5.91 Å². The molecule has 0 aliphatic carbocycles. The number of rotatable bonds is 2. The Morgan fingerprint density at radius 1 is 1.28 bits per heavy atom. The van der Waals surface area contributed by atoms with Gasteiger partial charge in [-0.15, -0.1) is 0 Å². The van der Waals surface area contributed by atoms with Crippen molar-refractivity contribution in [3.63, 3.8) is 0 Å². The lowest BCUT2D eigenvalue weighted by atomic mass is 10.2. The van der Waals surface area contributed by atoms with Gasteiger partial charge in [0, 0.05) is 24.1 Å². The van der Waals surface area contributed by atoms with E-state index in [1.54, 1.807) is 0 Å². The molecule has 1 amide bonds. The maximum atomic E-state index is 13.3. The first-order valence-electron chi connectivity index (χ1n) is 5.04. The fourth-order valence-electron chi connectivity index (χ4n) is 1.38. The van der Waals surface area contributed by atoms with Gasteiger partial charge in [-0.3, -0.25) is 9.78 Å². The second-order valence-electron chi connectivity index (χ2n) is 3.54. The number of anilines is 2. The number of hydrogen-bond acceptors (Lipinski definition) is 3. The molecule has 0 unspecified atom stereocenters. The quantitative estimate of drug-likeness (QED) is 0.857. The highest BCUT2D eigenvalue weighted by molar-refractivity contribution is 6.07. The van der Waals surface area contributed by atoms with Gasteiger partial charge < -0.3 is 11.1 Å². The molecule has 6 heteroatoms. The maximum absolute atomic E-state index is 13.3.